The van der Waals surface area contributed by atoms with E-state index in [1.54, 1.807) is 0 Å². The van der Waals surface area contributed by atoms with Crippen LogP contribution in [0, 0.1) is 0 Å². The van der Waals surface area contributed by atoms with Gasteiger partial charge in [0.2, 0.25) is 0 Å². The number of rotatable bonds is 11. The van der Waals surface area contributed by atoms with E-state index in [0.29, 0.717) is 0 Å². The molecule has 10 nitrogen and oxygen atoms in total. The van der Waals surface area contributed by atoms with Crippen molar-refractivity contribution in [1.29, 1.82) is 0 Å². The second kappa shape index (κ2) is 14.5. The summed E-state index contributed by atoms with van der Waals surface area (Å²) in [5.41, 5.74) is -0.225. The van der Waals surface area contributed by atoms with E-state index in [0.717, 1.165) is 0 Å². The van der Waals surface area contributed by atoms with Gasteiger partial charge < -0.3 is 9.47 Å². The van der Waals surface area contributed by atoms with Crippen LogP contribution in [-0.2, 0) is 39.3 Å². The van der Waals surface area contributed by atoms with E-state index in [1.165, 1.54) is 0 Å². The van der Waals surface area contributed by atoms with Gasteiger partial charge in [-0.3, -0.25) is 13.9 Å². The van der Waals surface area contributed by atoms with Crippen molar-refractivity contribution in [1.82, 2.24) is 0 Å². The first kappa shape index (κ1) is 30.2. The molecule has 0 aromatic rings. The molecule has 0 saturated carbocycles. The first-order valence-corrected chi connectivity index (χ1v) is 9.53. The van der Waals surface area contributed by atoms with Crippen molar-refractivity contribution in [3.63, 3.8) is 0 Å². The predicted molar refractivity (Wildman–Crippen MR) is 92.0 cm³/mol. The van der Waals surface area contributed by atoms with Crippen LogP contribution in [0.1, 0.15) is 19.3 Å². The average molecular weight is 422 g/mol. The van der Waals surface area contributed by atoms with Gasteiger partial charge in [-0.2, -0.15) is 16.8 Å². The Kier molecular flexibility index (Phi) is 17.6. The molecular formula is C11H20Na2O10S2. The van der Waals surface area contributed by atoms with Crippen LogP contribution in [0.3, 0.4) is 0 Å². The predicted octanol–water partition coefficient (Wildman–Crippen LogP) is -1.72. The van der Waals surface area contributed by atoms with Gasteiger partial charge in [-0.25, -0.2) is 4.79 Å². The van der Waals surface area contributed by atoms with Gasteiger partial charge in [0.25, 0.3) is 20.2 Å². The van der Waals surface area contributed by atoms with Crippen molar-refractivity contribution in [3.05, 3.63) is 12.2 Å². The maximum atomic E-state index is 11.4. The number of hydrogen-bond acceptors (Lipinski definition) is 8. The zero-order chi connectivity index (χ0) is 18.1. The summed E-state index contributed by atoms with van der Waals surface area (Å²) < 4.78 is 67.9. The molecule has 0 aromatic carbocycles. The van der Waals surface area contributed by atoms with E-state index in [2.05, 4.69) is 16.1 Å². The summed E-state index contributed by atoms with van der Waals surface area (Å²) in [6.45, 7) is 2.78. The quantitative estimate of drug-likeness (QED) is 0.129. The van der Waals surface area contributed by atoms with Gasteiger partial charge in [-0.1, -0.05) is 6.58 Å². The fourth-order valence-corrected chi connectivity index (χ4v) is 2.20. The minimum atomic E-state index is -4.13. The van der Waals surface area contributed by atoms with Crippen LogP contribution >= 0.6 is 0 Å². The molecule has 0 bridgehead atoms. The summed E-state index contributed by atoms with van der Waals surface area (Å²) in [6.07, 6.45) is -0.696. The van der Waals surface area contributed by atoms with Gasteiger partial charge in [-0.05, 0) is 12.8 Å². The summed E-state index contributed by atoms with van der Waals surface area (Å²) >= 11 is 0. The molecule has 0 heterocycles. The molecule has 138 valence electrons. The Morgan fingerprint density at radius 2 is 1.24 bits per heavy atom. The zero-order valence-electron chi connectivity index (χ0n) is 12.1. The summed E-state index contributed by atoms with van der Waals surface area (Å²) in [6, 6.07) is 0. The third-order valence-corrected chi connectivity index (χ3v) is 3.85. The Labute approximate surface area is 190 Å². The number of carbonyl (C=O) groups is 2. The standard InChI is InChI=1S/C11H18O10S2.2Na.2H/c1-9(11(13)21-5-3-7-23(17,18)19)8-10(12)20-4-2-6-22(14,15)16;;;;/h1-8H2,(H,14,15,16)(H,17,18,19);;;;. The monoisotopic (exact) mass is 422 g/mol. The SMILES string of the molecule is C=C(CC(=O)OCCCS(=O)(=O)O)C(=O)OCCCS(=O)(=O)O.[NaH].[NaH]. The Balaban J connectivity index is -0.00000242. The van der Waals surface area contributed by atoms with Crippen LogP contribution in [0.15, 0.2) is 12.2 Å². The Morgan fingerprint density at radius 1 is 0.840 bits per heavy atom. The molecule has 0 aliphatic rings. The molecule has 14 heteroatoms. The number of carbonyl (C=O) groups excluding carboxylic acids is 2. The van der Waals surface area contributed by atoms with Crippen molar-refractivity contribution in [2.24, 2.45) is 0 Å². The van der Waals surface area contributed by atoms with Crippen LogP contribution < -0.4 is 0 Å². The van der Waals surface area contributed by atoms with Gasteiger partial charge in [-0.15, -0.1) is 0 Å². The fourth-order valence-electron chi connectivity index (χ4n) is 1.23. The number of esters is 2. The molecule has 0 amide bonds. The van der Waals surface area contributed by atoms with E-state index >= 15 is 0 Å². The second-order valence-electron chi connectivity index (χ2n) is 4.42. The normalized spacial score (nSPS) is 10.8. The van der Waals surface area contributed by atoms with Crippen molar-refractivity contribution in [2.45, 2.75) is 19.3 Å². The molecular weight excluding hydrogens is 402 g/mol. The van der Waals surface area contributed by atoms with E-state index in [9.17, 15) is 26.4 Å². The van der Waals surface area contributed by atoms with Crippen LogP contribution in [-0.4, -0.2) is 122 Å². The molecule has 0 fully saturated rings. The Hall–Kier alpha value is 0.500. The third kappa shape index (κ3) is 20.7. The maximum absolute atomic E-state index is 11.4. The van der Waals surface area contributed by atoms with Crippen molar-refractivity contribution in [3.8, 4) is 0 Å². The topological polar surface area (TPSA) is 161 Å². The molecule has 0 rings (SSSR count). The van der Waals surface area contributed by atoms with Gasteiger partial charge in [0.1, 0.15) is 0 Å². The molecule has 0 aromatic heterocycles. The van der Waals surface area contributed by atoms with Gasteiger partial charge in [0.15, 0.2) is 0 Å². The van der Waals surface area contributed by atoms with Crippen molar-refractivity contribution < 1.29 is 45.0 Å². The zero-order valence-corrected chi connectivity index (χ0v) is 13.8. The molecule has 0 spiro atoms. The molecule has 2 N–H and O–H groups in total. The second-order valence-corrected chi connectivity index (χ2v) is 7.56. The van der Waals surface area contributed by atoms with Gasteiger partial charge in [0.05, 0.1) is 31.1 Å². The Morgan fingerprint density at radius 3 is 1.64 bits per heavy atom. The average Bonchev–Trinajstić information content (AvgIpc) is 2.37. The van der Waals surface area contributed by atoms with E-state index in [1.807, 2.05) is 0 Å². The van der Waals surface area contributed by atoms with E-state index in [-0.39, 0.29) is 90.7 Å². The van der Waals surface area contributed by atoms with Crippen LogP contribution in [0.25, 0.3) is 0 Å². The molecule has 25 heavy (non-hydrogen) atoms. The molecule has 0 radical (unpaired) electrons. The van der Waals surface area contributed by atoms with E-state index in [4.69, 9.17) is 9.11 Å². The molecule has 0 saturated heterocycles. The van der Waals surface area contributed by atoms with Gasteiger partial charge >= 0.3 is 71.1 Å². The Bertz CT molecular complexity index is 642. The van der Waals surface area contributed by atoms with Crippen LogP contribution in [0.4, 0.5) is 0 Å². The van der Waals surface area contributed by atoms with Gasteiger partial charge in [0, 0.05) is 5.57 Å². The van der Waals surface area contributed by atoms with Crippen LogP contribution in [0.5, 0.6) is 0 Å². The summed E-state index contributed by atoms with van der Waals surface area (Å²) in [5, 5.41) is 0. The minimum absolute atomic E-state index is 0. The first-order chi connectivity index (χ1) is 10.4. The summed E-state index contributed by atoms with van der Waals surface area (Å²) in [7, 11) is -8.26. The molecule has 0 aliphatic carbocycles. The molecule has 0 atom stereocenters. The first-order valence-electron chi connectivity index (χ1n) is 6.31. The van der Waals surface area contributed by atoms with Crippen LogP contribution in [0.2, 0.25) is 0 Å². The number of ether oxygens (including phenoxy) is 2. The fraction of sp³-hybridized carbons (Fsp3) is 0.636. The number of hydrogen-bond donors (Lipinski definition) is 2. The third-order valence-electron chi connectivity index (χ3n) is 2.24. The molecule has 0 aliphatic heterocycles. The molecule has 0 unspecified atom stereocenters. The van der Waals surface area contributed by atoms with E-state index < -0.39 is 50.1 Å². The van der Waals surface area contributed by atoms with Crippen molar-refractivity contribution in [2.75, 3.05) is 24.7 Å². The van der Waals surface area contributed by atoms with Crippen molar-refractivity contribution >= 4 is 91.3 Å². The summed E-state index contributed by atoms with van der Waals surface area (Å²) in [4.78, 5) is 22.7. The summed E-state index contributed by atoms with van der Waals surface area (Å²) in [5.74, 6) is -2.88.